The Morgan fingerprint density at radius 1 is 1.22 bits per heavy atom. The largest absolute Gasteiger partial charge is 0.369 e. The number of nitrogens with zero attached hydrogens (tertiary/aromatic N) is 1. The molecule has 92 valence electrons. The molecule has 2 N–H and O–H groups in total. The van der Waals surface area contributed by atoms with E-state index in [1.165, 1.54) is 5.56 Å². The summed E-state index contributed by atoms with van der Waals surface area (Å²) in [5.41, 5.74) is 9.34. The van der Waals surface area contributed by atoms with E-state index in [1.807, 2.05) is 24.3 Å². The summed E-state index contributed by atoms with van der Waals surface area (Å²) >= 11 is 0. The molecule has 0 aliphatic carbocycles. The van der Waals surface area contributed by atoms with Crippen LogP contribution in [0.4, 0.5) is 0 Å². The smallest absolute Gasteiger partial charge is 0.226 e. The highest BCUT2D eigenvalue weighted by atomic mass is 16.1. The van der Waals surface area contributed by atoms with Gasteiger partial charge in [0.25, 0.3) is 0 Å². The molecule has 2 rings (SSSR count). The van der Waals surface area contributed by atoms with Gasteiger partial charge in [-0.2, -0.15) is 0 Å². The number of aryl methyl sites for hydroxylation is 1. The fourth-order valence-corrected chi connectivity index (χ4v) is 1.80. The number of pyridine rings is 1. The Morgan fingerprint density at radius 3 is 2.56 bits per heavy atom. The molecule has 1 aromatic heterocycles. The fraction of sp³-hybridized carbons (Fsp3) is 0.200. The SMILES string of the molecule is Cc1cccc(-c2ccc(C(C)C(N)=O)nc2)c1. The van der Waals surface area contributed by atoms with Gasteiger partial charge in [-0.3, -0.25) is 9.78 Å². The molecule has 0 saturated carbocycles. The van der Waals surface area contributed by atoms with Crippen molar-refractivity contribution in [2.24, 2.45) is 5.73 Å². The summed E-state index contributed by atoms with van der Waals surface area (Å²) in [5, 5.41) is 0. The van der Waals surface area contributed by atoms with Crippen LogP contribution >= 0.6 is 0 Å². The Balaban J connectivity index is 2.30. The zero-order chi connectivity index (χ0) is 13.1. The van der Waals surface area contributed by atoms with E-state index in [0.717, 1.165) is 11.1 Å². The second-order valence-corrected chi connectivity index (χ2v) is 4.47. The van der Waals surface area contributed by atoms with E-state index in [0.29, 0.717) is 5.69 Å². The normalized spacial score (nSPS) is 12.1. The van der Waals surface area contributed by atoms with Gasteiger partial charge in [0.05, 0.1) is 11.6 Å². The van der Waals surface area contributed by atoms with Gasteiger partial charge >= 0.3 is 0 Å². The first-order valence-corrected chi connectivity index (χ1v) is 5.90. The van der Waals surface area contributed by atoms with Gasteiger partial charge in [0.1, 0.15) is 0 Å². The van der Waals surface area contributed by atoms with Crippen molar-refractivity contribution in [1.29, 1.82) is 0 Å². The monoisotopic (exact) mass is 240 g/mol. The average molecular weight is 240 g/mol. The standard InChI is InChI=1S/C15H16N2O/c1-10-4-3-5-12(8-10)13-6-7-14(17-9-13)11(2)15(16)18/h3-9,11H,1-2H3,(H2,16,18). The molecular formula is C15H16N2O. The van der Waals surface area contributed by atoms with Crippen molar-refractivity contribution in [1.82, 2.24) is 4.98 Å². The second kappa shape index (κ2) is 5.00. The van der Waals surface area contributed by atoms with Crippen LogP contribution in [0.2, 0.25) is 0 Å². The minimum Gasteiger partial charge on any atom is -0.369 e. The van der Waals surface area contributed by atoms with Crippen LogP contribution in [0.5, 0.6) is 0 Å². The molecule has 0 bridgehead atoms. The Bertz CT molecular complexity index is 561. The fourth-order valence-electron chi connectivity index (χ4n) is 1.80. The van der Waals surface area contributed by atoms with Crippen molar-refractivity contribution in [2.45, 2.75) is 19.8 Å². The quantitative estimate of drug-likeness (QED) is 0.896. The number of amides is 1. The van der Waals surface area contributed by atoms with Gasteiger partial charge in [0.2, 0.25) is 5.91 Å². The van der Waals surface area contributed by atoms with Crippen molar-refractivity contribution in [3.8, 4) is 11.1 Å². The summed E-state index contributed by atoms with van der Waals surface area (Å²) in [5.74, 6) is -0.706. The number of hydrogen-bond donors (Lipinski definition) is 1. The number of carbonyl (C=O) groups excluding carboxylic acids is 1. The molecule has 1 aromatic carbocycles. The van der Waals surface area contributed by atoms with Crippen LogP contribution in [0.3, 0.4) is 0 Å². The van der Waals surface area contributed by atoms with Gasteiger partial charge in [-0.05, 0) is 25.5 Å². The van der Waals surface area contributed by atoms with E-state index in [1.54, 1.807) is 13.1 Å². The van der Waals surface area contributed by atoms with E-state index in [9.17, 15) is 4.79 Å². The topological polar surface area (TPSA) is 56.0 Å². The Morgan fingerprint density at radius 2 is 2.00 bits per heavy atom. The first-order valence-electron chi connectivity index (χ1n) is 5.90. The molecule has 0 aliphatic heterocycles. The Hall–Kier alpha value is -2.16. The minimum absolute atomic E-state index is 0.350. The zero-order valence-corrected chi connectivity index (χ0v) is 10.6. The van der Waals surface area contributed by atoms with Gasteiger partial charge < -0.3 is 5.73 Å². The lowest BCUT2D eigenvalue weighted by atomic mass is 10.0. The predicted octanol–water partition coefficient (Wildman–Crippen LogP) is 2.65. The second-order valence-electron chi connectivity index (χ2n) is 4.47. The maximum atomic E-state index is 11.1. The maximum Gasteiger partial charge on any atom is 0.226 e. The van der Waals surface area contributed by atoms with Crippen LogP contribution in [-0.2, 0) is 4.79 Å². The van der Waals surface area contributed by atoms with E-state index >= 15 is 0 Å². The van der Waals surface area contributed by atoms with Gasteiger partial charge in [0.15, 0.2) is 0 Å². The van der Waals surface area contributed by atoms with Crippen LogP contribution in [0.1, 0.15) is 24.1 Å². The number of aromatic nitrogens is 1. The highest BCUT2D eigenvalue weighted by Crippen LogP contribution is 2.21. The van der Waals surface area contributed by atoms with Crippen molar-refractivity contribution >= 4 is 5.91 Å². The van der Waals surface area contributed by atoms with Gasteiger partial charge in [0, 0.05) is 11.8 Å². The average Bonchev–Trinajstić information content (AvgIpc) is 2.38. The summed E-state index contributed by atoms with van der Waals surface area (Å²) in [6.45, 7) is 3.82. The molecule has 2 aromatic rings. The van der Waals surface area contributed by atoms with Crippen molar-refractivity contribution in [3.63, 3.8) is 0 Å². The van der Waals surface area contributed by atoms with E-state index in [4.69, 9.17) is 5.73 Å². The third-order valence-electron chi connectivity index (χ3n) is 3.01. The minimum atomic E-state index is -0.356. The molecule has 0 spiro atoms. The summed E-state index contributed by atoms with van der Waals surface area (Å²) in [6, 6.07) is 12.0. The number of rotatable bonds is 3. The first-order chi connectivity index (χ1) is 8.58. The zero-order valence-electron chi connectivity index (χ0n) is 10.6. The number of carbonyl (C=O) groups is 1. The summed E-state index contributed by atoms with van der Waals surface area (Å²) in [7, 11) is 0. The Labute approximate surface area is 107 Å². The van der Waals surface area contributed by atoms with Crippen molar-refractivity contribution in [2.75, 3.05) is 0 Å². The summed E-state index contributed by atoms with van der Waals surface area (Å²) in [6.07, 6.45) is 1.78. The lowest BCUT2D eigenvalue weighted by Gasteiger charge is -2.08. The number of benzene rings is 1. The van der Waals surface area contributed by atoms with Gasteiger partial charge in [-0.1, -0.05) is 35.9 Å². The molecule has 1 unspecified atom stereocenters. The molecule has 1 heterocycles. The molecule has 3 heteroatoms. The number of nitrogens with two attached hydrogens (primary N) is 1. The van der Waals surface area contributed by atoms with Gasteiger partial charge in [-0.25, -0.2) is 0 Å². The van der Waals surface area contributed by atoms with Crippen LogP contribution in [0, 0.1) is 6.92 Å². The van der Waals surface area contributed by atoms with Crippen LogP contribution in [0.25, 0.3) is 11.1 Å². The number of hydrogen-bond acceptors (Lipinski definition) is 2. The third kappa shape index (κ3) is 2.56. The van der Waals surface area contributed by atoms with Crippen LogP contribution in [0.15, 0.2) is 42.6 Å². The van der Waals surface area contributed by atoms with E-state index in [2.05, 4.69) is 24.0 Å². The lowest BCUT2D eigenvalue weighted by Crippen LogP contribution is -2.19. The molecule has 3 nitrogen and oxygen atoms in total. The molecule has 0 fully saturated rings. The molecule has 0 saturated heterocycles. The molecule has 0 aliphatic rings. The van der Waals surface area contributed by atoms with Crippen LogP contribution < -0.4 is 5.73 Å². The predicted molar refractivity (Wildman–Crippen MR) is 72.0 cm³/mol. The van der Waals surface area contributed by atoms with Crippen molar-refractivity contribution in [3.05, 3.63) is 53.9 Å². The molecule has 0 radical (unpaired) electrons. The Kier molecular flexibility index (Phi) is 3.42. The molecule has 1 amide bonds. The lowest BCUT2D eigenvalue weighted by molar-refractivity contribution is -0.119. The first kappa shape index (κ1) is 12.3. The maximum absolute atomic E-state index is 11.1. The van der Waals surface area contributed by atoms with Crippen LogP contribution in [-0.4, -0.2) is 10.9 Å². The summed E-state index contributed by atoms with van der Waals surface area (Å²) < 4.78 is 0. The van der Waals surface area contributed by atoms with Crippen molar-refractivity contribution < 1.29 is 4.79 Å². The molecular weight excluding hydrogens is 224 g/mol. The van der Waals surface area contributed by atoms with E-state index in [-0.39, 0.29) is 11.8 Å². The molecule has 18 heavy (non-hydrogen) atoms. The highest BCUT2D eigenvalue weighted by molar-refractivity contribution is 5.81. The summed E-state index contributed by atoms with van der Waals surface area (Å²) in [4.78, 5) is 15.4. The molecule has 1 atom stereocenters. The van der Waals surface area contributed by atoms with E-state index < -0.39 is 0 Å². The van der Waals surface area contributed by atoms with Gasteiger partial charge in [-0.15, -0.1) is 0 Å². The third-order valence-corrected chi connectivity index (χ3v) is 3.01. The highest BCUT2D eigenvalue weighted by Gasteiger charge is 2.12. The number of primary amides is 1.